The lowest BCUT2D eigenvalue weighted by atomic mass is 10.2. The van der Waals surface area contributed by atoms with Crippen molar-refractivity contribution in [3.63, 3.8) is 0 Å². The van der Waals surface area contributed by atoms with E-state index >= 15 is 0 Å². The van der Waals surface area contributed by atoms with Gasteiger partial charge in [0, 0.05) is 21.8 Å². The number of hydrogen-bond donors (Lipinski definition) is 1. The van der Waals surface area contributed by atoms with E-state index in [0.29, 0.717) is 38.8 Å². The summed E-state index contributed by atoms with van der Waals surface area (Å²) in [4.78, 5) is 16.7. The van der Waals surface area contributed by atoms with E-state index in [1.807, 2.05) is 0 Å². The van der Waals surface area contributed by atoms with Crippen molar-refractivity contribution in [2.24, 2.45) is 0 Å². The molecule has 0 aliphatic rings. The summed E-state index contributed by atoms with van der Waals surface area (Å²) in [6, 6.07) is 17.7. The van der Waals surface area contributed by atoms with Gasteiger partial charge in [-0.15, -0.1) is 0 Å². The standard InChI is InChI=1S/C20H12ClFN2O2/c21-14-5-1-12(2-6-14)19(25)23-16-9-10-18-17(11-16)24-20(26-18)13-3-7-15(22)8-4-13/h1-11H,(H,23,25). The molecule has 0 fully saturated rings. The van der Waals surface area contributed by atoms with Crippen molar-refractivity contribution in [1.29, 1.82) is 0 Å². The van der Waals surface area contributed by atoms with E-state index in [1.165, 1.54) is 12.1 Å². The quantitative estimate of drug-likeness (QED) is 0.518. The molecule has 1 heterocycles. The van der Waals surface area contributed by atoms with E-state index in [1.54, 1.807) is 54.6 Å². The highest BCUT2D eigenvalue weighted by Gasteiger charge is 2.11. The van der Waals surface area contributed by atoms with Crippen molar-refractivity contribution in [2.75, 3.05) is 5.32 Å². The molecule has 0 aliphatic carbocycles. The highest BCUT2D eigenvalue weighted by molar-refractivity contribution is 6.30. The monoisotopic (exact) mass is 366 g/mol. The molecule has 6 heteroatoms. The van der Waals surface area contributed by atoms with Crippen LogP contribution in [-0.4, -0.2) is 10.9 Å². The van der Waals surface area contributed by atoms with Crippen LogP contribution in [0.4, 0.5) is 10.1 Å². The Balaban J connectivity index is 1.60. The number of nitrogens with zero attached hydrogens (tertiary/aromatic N) is 1. The number of benzene rings is 3. The molecule has 4 aromatic rings. The van der Waals surface area contributed by atoms with Crippen LogP contribution in [0.25, 0.3) is 22.6 Å². The summed E-state index contributed by atoms with van der Waals surface area (Å²) >= 11 is 5.83. The number of carbonyl (C=O) groups excluding carboxylic acids is 1. The maximum atomic E-state index is 13.0. The zero-order valence-corrected chi connectivity index (χ0v) is 14.1. The molecule has 4 rings (SSSR count). The molecule has 3 aromatic carbocycles. The molecule has 128 valence electrons. The molecular formula is C20H12ClFN2O2. The predicted octanol–water partition coefficient (Wildman–Crippen LogP) is 5.54. The Bertz CT molecular complexity index is 1090. The van der Waals surface area contributed by atoms with Crippen molar-refractivity contribution in [2.45, 2.75) is 0 Å². The number of rotatable bonds is 3. The number of hydrogen-bond acceptors (Lipinski definition) is 3. The molecule has 0 spiro atoms. The second-order valence-corrected chi connectivity index (χ2v) is 6.11. The summed E-state index contributed by atoms with van der Waals surface area (Å²) in [6.45, 7) is 0. The molecule has 26 heavy (non-hydrogen) atoms. The molecule has 1 aromatic heterocycles. The van der Waals surface area contributed by atoms with Crippen molar-refractivity contribution in [3.05, 3.63) is 83.1 Å². The minimum Gasteiger partial charge on any atom is -0.436 e. The number of oxazole rings is 1. The first-order chi connectivity index (χ1) is 12.6. The molecular weight excluding hydrogens is 355 g/mol. The third kappa shape index (κ3) is 3.30. The summed E-state index contributed by atoms with van der Waals surface area (Å²) in [6.07, 6.45) is 0. The number of amides is 1. The molecule has 0 unspecified atom stereocenters. The van der Waals surface area contributed by atoms with Crippen LogP contribution >= 0.6 is 11.6 Å². The lowest BCUT2D eigenvalue weighted by molar-refractivity contribution is 0.102. The zero-order chi connectivity index (χ0) is 18.1. The normalized spacial score (nSPS) is 10.8. The van der Waals surface area contributed by atoms with Crippen LogP contribution in [-0.2, 0) is 0 Å². The molecule has 0 saturated carbocycles. The van der Waals surface area contributed by atoms with Gasteiger partial charge in [-0.2, -0.15) is 0 Å². The number of nitrogens with one attached hydrogen (secondary N) is 1. The van der Waals surface area contributed by atoms with Crippen LogP contribution in [0, 0.1) is 5.82 Å². The van der Waals surface area contributed by atoms with Gasteiger partial charge in [0.05, 0.1) is 0 Å². The van der Waals surface area contributed by atoms with Gasteiger partial charge in [0.1, 0.15) is 11.3 Å². The lowest BCUT2D eigenvalue weighted by Gasteiger charge is -2.05. The fourth-order valence-electron chi connectivity index (χ4n) is 2.53. The van der Waals surface area contributed by atoms with E-state index in [9.17, 15) is 9.18 Å². The summed E-state index contributed by atoms with van der Waals surface area (Å²) in [5.41, 5.74) is 2.94. The topological polar surface area (TPSA) is 55.1 Å². The summed E-state index contributed by atoms with van der Waals surface area (Å²) in [7, 11) is 0. The molecule has 4 nitrogen and oxygen atoms in total. The van der Waals surface area contributed by atoms with Crippen molar-refractivity contribution >= 4 is 34.3 Å². The molecule has 0 saturated heterocycles. The minimum absolute atomic E-state index is 0.247. The number of anilines is 1. The van der Waals surface area contributed by atoms with Gasteiger partial charge in [-0.25, -0.2) is 9.37 Å². The molecule has 1 N–H and O–H groups in total. The van der Waals surface area contributed by atoms with Gasteiger partial charge >= 0.3 is 0 Å². The minimum atomic E-state index is -0.322. The average molecular weight is 367 g/mol. The SMILES string of the molecule is O=C(Nc1ccc2oc(-c3ccc(F)cc3)nc2c1)c1ccc(Cl)cc1. The van der Waals surface area contributed by atoms with Crippen LogP contribution in [0.2, 0.25) is 5.02 Å². The molecule has 0 aliphatic heterocycles. The lowest BCUT2D eigenvalue weighted by Crippen LogP contribution is -2.11. The largest absolute Gasteiger partial charge is 0.436 e. The molecule has 0 atom stereocenters. The van der Waals surface area contributed by atoms with Gasteiger partial charge in [0.2, 0.25) is 5.89 Å². The Hall–Kier alpha value is -3.18. The molecule has 0 radical (unpaired) electrons. The summed E-state index contributed by atoms with van der Waals surface area (Å²) < 4.78 is 18.7. The number of halogens is 2. The highest BCUT2D eigenvalue weighted by atomic mass is 35.5. The van der Waals surface area contributed by atoms with Crippen molar-refractivity contribution in [3.8, 4) is 11.5 Å². The first kappa shape index (κ1) is 16.3. The maximum Gasteiger partial charge on any atom is 0.255 e. The Morgan fingerprint density at radius 2 is 1.73 bits per heavy atom. The van der Waals surface area contributed by atoms with E-state index in [2.05, 4.69) is 10.3 Å². The summed E-state index contributed by atoms with van der Waals surface area (Å²) in [5.74, 6) is -0.179. The predicted molar refractivity (Wildman–Crippen MR) is 98.8 cm³/mol. The van der Waals surface area contributed by atoms with Crippen LogP contribution < -0.4 is 5.32 Å². The van der Waals surface area contributed by atoms with E-state index < -0.39 is 0 Å². The molecule has 1 amide bonds. The highest BCUT2D eigenvalue weighted by Crippen LogP contribution is 2.26. The zero-order valence-electron chi connectivity index (χ0n) is 13.4. The first-order valence-electron chi connectivity index (χ1n) is 7.82. The van der Waals surface area contributed by atoms with Gasteiger partial charge in [0.25, 0.3) is 5.91 Å². The van der Waals surface area contributed by atoms with E-state index in [0.717, 1.165) is 0 Å². The van der Waals surface area contributed by atoms with Crippen molar-refractivity contribution < 1.29 is 13.6 Å². The van der Waals surface area contributed by atoms with Gasteiger partial charge in [-0.3, -0.25) is 4.79 Å². The first-order valence-corrected chi connectivity index (χ1v) is 8.20. The van der Waals surface area contributed by atoms with E-state index in [-0.39, 0.29) is 11.7 Å². The second kappa shape index (κ2) is 6.61. The Morgan fingerprint density at radius 3 is 2.46 bits per heavy atom. The maximum absolute atomic E-state index is 13.0. The second-order valence-electron chi connectivity index (χ2n) is 5.67. The van der Waals surface area contributed by atoms with Crippen molar-refractivity contribution in [1.82, 2.24) is 4.98 Å². The van der Waals surface area contributed by atoms with Gasteiger partial charge in [-0.05, 0) is 66.7 Å². The fourth-order valence-corrected chi connectivity index (χ4v) is 2.65. The smallest absolute Gasteiger partial charge is 0.255 e. The Labute approximate surface area is 153 Å². The number of fused-ring (bicyclic) bond motifs is 1. The average Bonchev–Trinajstić information content (AvgIpc) is 3.06. The number of carbonyl (C=O) groups is 1. The Morgan fingerprint density at radius 1 is 1.00 bits per heavy atom. The molecule has 0 bridgehead atoms. The van der Waals surface area contributed by atoms with Gasteiger partial charge in [-0.1, -0.05) is 11.6 Å². The summed E-state index contributed by atoms with van der Waals surface area (Å²) in [5, 5.41) is 3.38. The van der Waals surface area contributed by atoms with Crippen LogP contribution in [0.15, 0.2) is 71.1 Å². The van der Waals surface area contributed by atoms with E-state index in [4.69, 9.17) is 16.0 Å². The van der Waals surface area contributed by atoms with Gasteiger partial charge in [0.15, 0.2) is 5.58 Å². The van der Waals surface area contributed by atoms with Crippen LogP contribution in [0.3, 0.4) is 0 Å². The number of aromatic nitrogens is 1. The fraction of sp³-hybridized carbons (Fsp3) is 0. The van der Waals surface area contributed by atoms with Crippen LogP contribution in [0.1, 0.15) is 10.4 Å². The van der Waals surface area contributed by atoms with Crippen LogP contribution in [0.5, 0.6) is 0 Å². The van der Waals surface area contributed by atoms with Gasteiger partial charge < -0.3 is 9.73 Å². The third-order valence-corrected chi connectivity index (χ3v) is 4.09. The Kier molecular flexibility index (Phi) is 4.14. The third-order valence-electron chi connectivity index (χ3n) is 3.84.